The fourth-order valence-electron chi connectivity index (χ4n) is 5.08. The molecular weight excluding hydrogens is 702 g/mol. The molecule has 19 heteroatoms. The van der Waals surface area contributed by atoms with Crippen LogP contribution in [0.5, 0.6) is 0 Å². The highest BCUT2D eigenvalue weighted by atomic mass is 16.2. The van der Waals surface area contributed by atoms with E-state index in [0.717, 1.165) is 6.42 Å². The van der Waals surface area contributed by atoms with Crippen LogP contribution in [0.25, 0.3) is 0 Å². The highest BCUT2D eigenvalue weighted by Gasteiger charge is 2.26. The number of carbonyl (C=O) groups excluding carboxylic acids is 8. The predicted molar refractivity (Wildman–Crippen MR) is 202 cm³/mol. The van der Waals surface area contributed by atoms with Gasteiger partial charge in [0.05, 0.1) is 25.2 Å². The molecule has 0 heterocycles. The van der Waals surface area contributed by atoms with E-state index >= 15 is 0 Å². The molecule has 0 aromatic heterocycles. The van der Waals surface area contributed by atoms with E-state index in [0.29, 0.717) is 63.0 Å². The molecule has 0 bridgehead atoms. The van der Waals surface area contributed by atoms with Crippen molar-refractivity contribution in [1.82, 2.24) is 37.2 Å². The van der Waals surface area contributed by atoms with Gasteiger partial charge in [-0.3, -0.25) is 38.4 Å². The normalized spacial score (nSPS) is 12.9. The Kier molecular flexibility index (Phi) is 22.9. The van der Waals surface area contributed by atoms with Crippen LogP contribution in [0.3, 0.4) is 0 Å². The molecule has 0 saturated heterocycles. The van der Waals surface area contributed by atoms with Crippen LogP contribution in [0.1, 0.15) is 82.0 Å². The third-order valence-corrected chi connectivity index (χ3v) is 8.44. The van der Waals surface area contributed by atoms with E-state index in [1.54, 1.807) is 31.2 Å². The Morgan fingerprint density at radius 1 is 0.667 bits per heavy atom. The number of amides is 8. The van der Waals surface area contributed by atoms with Crippen LogP contribution >= 0.6 is 0 Å². The van der Waals surface area contributed by atoms with Gasteiger partial charge in [-0.1, -0.05) is 32.4 Å². The summed E-state index contributed by atoms with van der Waals surface area (Å²) in [5.41, 5.74) is 23.0. The lowest BCUT2D eigenvalue weighted by atomic mass is 9.98. The number of rotatable bonds is 27. The molecule has 1 aromatic carbocycles. The molecule has 4 unspecified atom stereocenters. The lowest BCUT2D eigenvalue weighted by Gasteiger charge is -2.22. The zero-order chi connectivity index (χ0) is 40.5. The molecule has 0 spiro atoms. The van der Waals surface area contributed by atoms with Gasteiger partial charge in [0, 0.05) is 25.2 Å². The first kappa shape index (κ1) is 46.7. The van der Waals surface area contributed by atoms with Crippen molar-refractivity contribution in [2.75, 3.05) is 45.0 Å². The van der Waals surface area contributed by atoms with Gasteiger partial charge in [0.2, 0.25) is 41.4 Å². The average Bonchev–Trinajstić information content (AvgIpc) is 3.15. The smallest absolute Gasteiger partial charge is 0.253 e. The van der Waals surface area contributed by atoms with Crippen molar-refractivity contribution in [3.05, 3.63) is 29.8 Å². The summed E-state index contributed by atoms with van der Waals surface area (Å²) in [6, 6.07) is 3.60. The second kappa shape index (κ2) is 26.5. The highest BCUT2D eigenvalue weighted by molar-refractivity contribution is 5.99. The van der Waals surface area contributed by atoms with Gasteiger partial charge in [0.25, 0.3) is 5.91 Å². The molecule has 302 valence electrons. The fourth-order valence-corrected chi connectivity index (χ4v) is 5.08. The van der Waals surface area contributed by atoms with Crippen molar-refractivity contribution in [2.24, 2.45) is 23.1 Å². The predicted octanol–water partition coefficient (Wildman–Crippen LogP) is -2.63. The largest absolute Gasteiger partial charge is 0.398 e. The maximum absolute atomic E-state index is 13.0. The van der Waals surface area contributed by atoms with Gasteiger partial charge < -0.3 is 60.2 Å². The molecule has 8 amide bonds. The lowest BCUT2D eigenvalue weighted by molar-refractivity contribution is -0.132. The molecule has 0 saturated carbocycles. The molecule has 1 aromatic rings. The molecule has 0 aliphatic heterocycles. The number of primary amides is 1. The van der Waals surface area contributed by atoms with Crippen LogP contribution in [0.4, 0.5) is 5.69 Å². The molecule has 4 atom stereocenters. The second-order valence-electron chi connectivity index (χ2n) is 12.8. The van der Waals surface area contributed by atoms with Gasteiger partial charge in [0.15, 0.2) is 0 Å². The minimum atomic E-state index is -1.18. The standard InChI is InChI=1S/C35H59N11O8/c1-3-22(2)31(32(39)51)46-30(50)21-43-34(53)25(13-7-8-16-36)45-29(49)20-42-35(54)26(44-28(48)19-37)14-15-27(47)40-17-9-4-10-18-41-33(52)23-11-5-6-12-24(23)38/h5-6,11-12,22,25-26,31H,3-4,7-10,13-21,36-38H2,1-2H3,(H2,39,51)(H,40,47)(H,41,52)(H,42,54)(H,43,53)(H,44,48)(H,45,49)(H,46,50). The third kappa shape index (κ3) is 19.0. The zero-order valence-electron chi connectivity index (χ0n) is 31.3. The Bertz CT molecular complexity index is 1410. The number of nitrogens with two attached hydrogens (primary N) is 4. The van der Waals surface area contributed by atoms with Gasteiger partial charge in [0.1, 0.15) is 18.1 Å². The van der Waals surface area contributed by atoms with Gasteiger partial charge in [-0.05, 0) is 69.5 Å². The van der Waals surface area contributed by atoms with E-state index in [9.17, 15) is 38.4 Å². The third-order valence-electron chi connectivity index (χ3n) is 8.44. The van der Waals surface area contributed by atoms with Gasteiger partial charge in [-0.15, -0.1) is 0 Å². The van der Waals surface area contributed by atoms with E-state index in [4.69, 9.17) is 22.9 Å². The molecule has 15 N–H and O–H groups in total. The summed E-state index contributed by atoms with van der Waals surface area (Å²) < 4.78 is 0. The fraction of sp³-hybridized carbons (Fsp3) is 0.600. The molecule has 54 heavy (non-hydrogen) atoms. The molecular formula is C35H59N11O8. The molecule has 19 nitrogen and oxygen atoms in total. The van der Waals surface area contributed by atoms with Crippen molar-refractivity contribution >= 4 is 52.9 Å². The van der Waals surface area contributed by atoms with Crippen LogP contribution in [0.15, 0.2) is 24.3 Å². The number of benzene rings is 1. The van der Waals surface area contributed by atoms with Crippen molar-refractivity contribution in [1.29, 1.82) is 0 Å². The number of unbranched alkanes of at least 4 members (excludes halogenated alkanes) is 3. The van der Waals surface area contributed by atoms with Gasteiger partial charge in [-0.2, -0.15) is 0 Å². The van der Waals surface area contributed by atoms with Crippen molar-refractivity contribution < 1.29 is 38.4 Å². The van der Waals surface area contributed by atoms with Crippen molar-refractivity contribution in [3.63, 3.8) is 0 Å². The number of hydrogen-bond acceptors (Lipinski definition) is 11. The summed E-state index contributed by atoms with van der Waals surface area (Å²) in [4.78, 5) is 99.5. The van der Waals surface area contributed by atoms with Crippen molar-refractivity contribution in [3.8, 4) is 0 Å². The van der Waals surface area contributed by atoms with E-state index < -0.39 is 73.2 Å². The maximum atomic E-state index is 13.0. The van der Waals surface area contributed by atoms with Crippen molar-refractivity contribution in [2.45, 2.75) is 89.8 Å². The highest BCUT2D eigenvalue weighted by Crippen LogP contribution is 2.10. The Labute approximate surface area is 316 Å². The Balaban J connectivity index is 2.58. The second-order valence-corrected chi connectivity index (χ2v) is 12.8. The summed E-state index contributed by atoms with van der Waals surface area (Å²) in [5.74, 6) is -4.96. The zero-order valence-corrected chi connectivity index (χ0v) is 31.3. The molecule has 0 aliphatic carbocycles. The summed E-state index contributed by atoms with van der Waals surface area (Å²) in [7, 11) is 0. The quantitative estimate of drug-likeness (QED) is 0.0325. The molecule has 0 fully saturated rings. The topological polar surface area (TPSA) is 325 Å². The Morgan fingerprint density at radius 3 is 1.81 bits per heavy atom. The Morgan fingerprint density at radius 2 is 1.24 bits per heavy atom. The summed E-state index contributed by atoms with van der Waals surface area (Å²) in [5, 5.41) is 17.9. The lowest BCUT2D eigenvalue weighted by Crippen LogP contribution is -2.54. The Hall–Kier alpha value is -5.30. The van der Waals surface area contributed by atoms with E-state index in [2.05, 4.69) is 37.2 Å². The first-order chi connectivity index (χ1) is 25.7. The maximum Gasteiger partial charge on any atom is 0.253 e. The van der Waals surface area contributed by atoms with E-state index in [-0.39, 0.29) is 37.0 Å². The summed E-state index contributed by atoms with van der Waals surface area (Å²) in [6.45, 7) is 3.31. The molecule has 0 radical (unpaired) electrons. The number of carbonyl (C=O) groups is 8. The van der Waals surface area contributed by atoms with Gasteiger partial charge >= 0.3 is 0 Å². The first-order valence-electron chi connectivity index (χ1n) is 18.3. The first-order valence-corrected chi connectivity index (χ1v) is 18.3. The van der Waals surface area contributed by atoms with Crippen LogP contribution in [0, 0.1) is 5.92 Å². The summed E-state index contributed by atoms with van der Waals surface area (Å²) in [6.07, 6.45) is 3.67. The average molecular weight is 762 g/mol. The number of anilines is 1. The summed E-state index contributed by atoms with van der Waals surface area (Å²) >= 11 is 0. The number of nitrogens with one attached hydrogen (secondary N) is 7. The van der Waals surface area contributed by atoms with E-state index in [1.165, 1.54) is 0 Å². The van der Waals surface area contributed by atoms with Gasteiger partial charge in [-0.25, -0.2) is 0 Å². The van der Waals surface area contributed by atoms with Crippen LogP contribution < -0.4 is 60.2 Å². The number of nitrogen functional groups attached to an aromatic ring is 1. The minimum absolute atomic E-state index is 0.0838. The number of hydrogen-bond donors (Lipinski definition) is 11. The SMILES string of the molecule is CCC(C)C(NC(=O)CNC(=O)C(CCCCN)NC(=O)CNC(=O)C(CCC(=O)NCCCCCNC(=O)c1ccccc1N)NC(=O)CN)C(N)=O. The van der Waals surface area contributed by atoms with Crippen LogP contribution in [0.2, 0.25) is 0 Å². The van der Waals surface area contributed by atoms with E-state index in [1.807, 2.05) is 6.92 Å². The monoisotopic (exact) mass is 761 g/mol. The molecule has 1 rings (SSSR count). The van der Waals surface area contributed by atoms with Crippen LogP contribution in [-0.4, -0.2) is 105 Å². The minimum Gasteiger partial charge on any atom is -0.398 e. The van der Waals surface area contributed by atoms with Crippen LogP contribution in [-0.2, 0) is 33.6 Å². The number of para-hydroxylation sites is 1. The molecule has 0 aliphatic rings.